The summed E-state index contributed by atoms with van der Waals surface area (Å²) in [6, 6.07) is 8.50. The summed E-state index contributed by atoms with van der Waals surface area (Å²) in [6.45, 7) is 5.55. The number of hydrogen-bond donors (Lipinski definition) is 1. The third-order valence-electron chi connectivity index (χ3n) is 3.29. The smallest absolute Gasteiger partial charge is 0.248 e. The van der Waals surface area contributed by atoms with Gasteiger partial charge >= 0.3 is 0 Å². The number of carbonyl (C=O) groups is 1. The van der Waals surface area contributed by atoms with E-state index in [1.807, 2.05) is 13.8 Å². The van der Waals surface area contributed by atoms with Crippen molar-refractivity contribution < 1.29 is 4.79 Å². The van der Waals surface area contributed by atoms with Crippen LogP contribution in [0, 0.1) is 25.2 Å². The van der Waals surface area contributed by atoms with Gasteiger partial charge in [-0.05, 0) is 48.8 Å². The first kappa shape index (κ1) is 15.3. The molecule has 0 radical (unpaired) electrons. The number of carbonyl (C=O) groups excluding carboxylic acids is 1. The van der Waals surface area contributed by atoms with Crippen LogP contribution >= 0.6 is 15.9 Å². The minimum absolute atomic E-state index is 0.212. The van der Waals surface area contributed by atoms with Crippen molar-refractivity contribution in [1.29, 1.82) is 5.26 Å². The monoisotopic (exact) mass is 346 g/mol. The summed E-state index contributed by atoms with van der Waals surface area (Å²) in [5.41, 5.74) is 2.68. The van der Waals surface area contributed by atoms with Gasteiger partial charge in [-0.1, -0.05) is 12.1 Å². The molecule has 1 atom stereocenters. The van der Waals surface area contributed by atoms with Crippen molar-refractivity contribution >= 4 is 27.5 Å². The maximum absolute atomic E-state index is 12.4. The molecule has 108 valence electrons. The molecule has 1 aromatic carbocycles. The summed E-state index contributed by atoms with van der Waals surface area (Å²) in [5.74, 6) is -0.212. The molecule has 0 aliphatic heterocycles. The van der Waals surface area contributed by atoms with Crippen LogP contribution in [0.5, 0.6) is 0 Å². The van der Waals surface area contributed by atoms with Crippen LogP contribution in [-0.4, -0.2) is 15.7 Å². The third-order valence-corrected chi connectivity index (χ3v) is 4.44. The van der Waals surface area contributed by atoms with Crippen molar-refractivity contribution in [1.82, 2.24) is 9.78 Å². The maximum atomic E-state index is 12.4. The molecule has 1 N–H and O–H groups in total. The van der Waals surface area contributed by atoms with E-state index in [2.05, 4.69) is 32.4 Å². The average molecular weight is 347 g/mol. The van der Waals surface area contributed by atoms with Gasteiger partial charge in [0, 0.05) is 0 Å². The first-order valence-corrected chi connectivity index (χ1v) is 7.26. The predicted molar refractivity (Wildman–Crippen MR) is 83.9 cm³/mol. The minimum Gasteiger partial charge on any atom is -0.323 e. The number of nitrogens with zero attached hydrogens (tertiary/aromatic N) is 3. The maximum Gasteiger partial charge on any atom is 0.248 e. The van der Waals surface area contributed by atoms with E-state index < -0.39 is 6.04 Å². The Labute approximate surface area is 131 Å². The normalized spacial score (nSPS) is 11.8. The van der Waals surface area contributed by atoms with E-state index in [9.17, 15) is 4.79 Å². The number of aromatic nitrogens is 2. The lowest BCUT2D eigenvalue weighted by atomic mass is 10.2. The molecule has 5 nitrogen and oxygen atoms in total. The van der Waals surface area contributed by atoms with Crippen LogP contribution in [0.15, 0.2) is 28.7 Å². The van der Waals surface area contributed by atoms with Gasteiger partial charge in [0.1, 0.15) is 12.1 Å². The number of para-hydroxylation sites is 1. The molecule has 2 rings (SSSR count). The Morgan fingerprint density at radius 3 is 2.67 bits per heavy atom. The fourth-order valence-electron chi connectivity index (χ4n) is 2.06. The van der Waals surface area contributed by atoms with Crippen LogP contribution in [0.25, 0.3) is 0 Å². The average Bonchev–Trinajstić information content (AvgIpc) is 2.74. The highest BCUT2D eigenvalue weighted by Crippen LogP contribution is 2.23. The summed E-state index contributed by atoms with van der Waals surface area (Å²) >= 11 is 3.45. The van der Waals surface area contributed by atoms with Gasteiger partial charge < -0.3 is 5.32 Å². The van der Waals surface area contributed by atoms with Crippen molar-refractivity contribution in [3.05, 3.63) is 45.7 Å². The molecule has 6 heteroatoms. The van der Waals surface area contributed by atoms with Crippen LogP contribution in [0.2, 0.25) is 0 Å². The van der Waals surface area contributed by atoms with Crippen LogP contribution in [0.4, 0.5) is 5.69 Å². The zero-order valence-corrected chi connectivity index (χ0v) is 13.6. The van der Waals surface area contributed by atoms with Crippen molar-refractivity contribution in [2.45, 2.75) is 26.8 Å². The quantitative estimate of drug-likeness (QED) is 0.926. The van der Waals surface area contributed by atoms with E-state index in [1.54, 1.807) is 35.9 Å². The second-order valence-electron chi connectivity index (χ2n) is 4.75. The molecule has 0 spiro atoms. The van der Waals surface area contributed by atoms with Crippen molar-refractivity contribution in [3.63, 3.8) is 0 Å². The first-order chi connectivity index (χ1) is 9.95. The Morgan fingerprint density at radius 2 is 2.10 bits per heavy atom. The predicted octanol–water partition coefficient (Wildman–Crippen LogP) is 3.33. The number of benzene rings is 1. The summed E-state index contributed by atoms with van der Waals surface area (Å²) in [7, 11) is 0. The Bertz CT molecular complexity index is 730. The third kappa shape index (κ3) is 2.98. The molecule has 2 aromatic rings. The topological polar surface area (TPSA) is 70.7 Å². The molecular weight excluding hydrogens is 332 g/mol. The molecule has 1 aromatic heterocycles. The van der Waals surface area contributed by atoms with Gasteiger partial charge in [-0.3, -0.25) is 9.48 Å². The van der Waals surface area contributed by atoms with Crippen LogP contribution < -0.4 is 5.32 Å². The van der Waals surface area contributed by atoms with Gasteiger partial charge in [-0.2, -0.15) is 10.4 Å². The van der Waals surface area contributed by atoms with E-state index in [4.69, 9.17) is 5.26 Å². The van der Waals surface area contributed by atoms with Gasteiger partial charge in [0.2, 0.25) is 5.91 Å². The molecule has 0 saturated heterocycles. The summed E-state index contributed by atoms with van der Waals surface area (Å²) < 4.78 is 2.57. The second-order valence-corrected chi connectivity index (χ2v) is 5.54. The van der Waals surface area contributed by atoms with Gasteiger partial charge in [0.05, 0.1) is 27.1 Å². The number of halogens is 1. The highest BCUT2D eigenvalue weighted by Gasteiger charge is 2.21. The van der Waals surface area contributed by atoms with E-state index in [0.29, 0.717) is 11.3 Å². The lowest BCUT2D eigenvalue weighted by Gasteiger charge is -2.15. The van der Waals surface area contributed by atoms with Crippen molar-refractivity contribution in [3.8, 4) is 6.07 Å². The molecule has 0 bridgehead atoms. The number of amides is 1. The molecule has 1 unspecified atom stereocenters. The van der Waals surface area contributed by atoms with Gasteiger partial charge in [-0.25, -0.2) is 0 Å². The zero-order chi connectivity index (χ0) is 15.6. The van der Waals surface area contributed by atoms with E-state index >= 15 is 0 Å². The largest absolute Gasteiger partial charge is 0.323 e. The van der Waals surface area contributed by atoms with Crippen LogP contribution in [0.3, 0.4) is 0 Å². The number of hydrogen-bond acceptors (Lipinski definition) is 3. The number of nitriles is 1. The van der Waals surface area contributed by atoms with Gasteiger partial charge in [0.15, 0.2) is 0 Å². The lowest BCUT2D eigenvalue weighted by Crippen LogP contribution is -2.25. The van der Waals surface area contributed by atoms with E-state index in [1.165, 1.54) is 0 Å². The summed E-state index contributed by atoms with van der Waals surface area (Å²) in [5, 5.41) is 16.2. The Hall–Kier alpha value is -2.13. The molecule has 0 saturated carbocycles. The van der Waals surface area contributed by atoms with E-state index in [-0.39, 0.29) is 5.91 Å². The summed E-state index contributed by atoms with van der Waals surface area (Å²) in [6.07, 6.45) is 0. The first-order valence-electron chi connectivity index (χ1n) is 6.47. The molecule has 0 fully saturated rings. The highest BCUT2D eigenvalue weighted by molar-refractivity contribution is 9.10. The van der Waals surface area contributed by atoms with Crippen LogP contribution in [0.1, 0.15) is 29.9 Å². The van der Waals surface area contributed by atoms with Gasteiger partial charge in [-0.15, -0.1) is 0 Å². The highest BCUT2D eigenvalue weighted by atomic mass is 79.9. The minimum atomic E-state index is -0.471. The zero-order valence-electron chi connectivity index (χ0n) is 12.0. The fraction of sp³-hybridized carbons (Fsp3) is 0.267. The van der Waals surface area contributed by atoms with E-state index in [0.717, 1.165) is 15.9 Å². The fourth-order valence-corrected chi connectivity index (χ4v) is 2.32. The van der Waals surface area contributed by atoms with Crippen molar-refractivity contribution in [2.24, 2.45) is 0 Å². The lowest BCUT2D eigenvalue weighted by molar-refractivity contribution is -0.119. The number of anilines is 1. The number of nitrogens with one attached hydrogen (secondary N) is 1. The molecule has 1 amide bonds. The molecule has 0 aliphatic carbocycles. The number of aryl methyl sites for hydroxylation is 1. The molecular formula is C15H15BrN4O. The Morgan fingerprint density at radius 1 is 1.43 bits per heavy atom. The molecule has 21 heavy (non-hydrogen) atoms. The SMILES string of the molecule is Cc1nn(C(C)C(=O)Nc2ccccc2C#N)c(C)c1Br. The van der Waals surface area contributed by atoms with Crippen molar-refractivity contribution in [2.75, 3.05) is 5.32 Å². The van der Waals surface area contributed by atoms with Crippen LogP contribution in [-0.2, 0) is 4.79 Å². The Kier molecular flexibility index (Phi) is 4.43. The standard InChI is InChI=1S/C15H15BrN4O/c1-9-14(16)10(2)20(19-9)11(3)15(21)18-13-7-5-4-6-12(13)8-17/h4-7,11H,1-3H3,(H,18,21). The molecule has 1 heterocycles. The summed E-state index contributed by atoms with van der Waals surface area (Å²) in [4.78, 5) is 12.4. The Balaban J connectivity index is 2.24. The molecule has 0 aliphatic rings. The second kappa shape index (κ2) is 6.10. The number of rotatable bonds is 3. The van der Waals surface area contributed by atoms with Gasteiger partial charge in [0.25, 0.3) is 0 Å².